The van der Waals surface area contributed by atoms with Gasteiger partial charge in [0.25, 0.3) is 11.7 Å². The molecule has 1 aliphatic rings. The molecule has 2 atom stereocenters. The number of Topliss-reactive ketones (excluding diaryl/α,β-unsaturated/α-hetero) is 1. The molecule has 1 amide bonds. The zero-order valence-corrected chi connectivity index (χ0v) is 9.22. The first kappa shape index (κ1) is 11.3. The summed E-state index contributed by atoms with van der Waals surface area (Å²) in [5.74, 6) is -1.11. The third-order valence-corrected chi connectivity index (χ3v) is 3.80. The fourth-order valence-electron chi connectivity index (χ4n) is 1.14. The van der Waals surface area contributed by atoms with Crippen LogP contribution in [-0.4, -0.2) is 52.2 Å². The van der Waals surface area contributed by atoms with Crippen molar-refractivity contribution in [2.24, 2.45) is 0 Å². The predicted octanol–water partition coefficient (Wildman–Crippen LogP) is -0.861. The number of amides is 1. The summed E-state index contributed by atoms with van der Waals surface area (Å²) in [7, 11) is 1.53. The van der Waals surface area contributed by atoms with E-state index in [0.29, 0.717) is 5.75 Å². The summed E-state index contributed by atoms with van der Waals surface area (Å²) in [6, 6.07) is 0. The molecule has 0 aromatic rings. The molecule has 5 nitrogen and oxygen atoms in total. The molecule has 0 unspecified atom stereocenters. The molecular formula is C8H13NO4S. The molecule has 80 valence electrons. The number of ether oxygens (including phenoxy) is 1. The van der Waals surface area contributed by atoms with Gasteiger partial charge in [-0.1, -0.05) is 0 Å². The van der Waals surface area contributed by atoms with Gasteiger partial charge in [0.1, 0.15) is 0 Å². The number of carbonyl (C=O) groups is 2. The summed E-state index contributed by atoms with van der Waals surface area (Å²) in [6.45, 7) is 1.66. The third kappa shape index (κ3) is 1.72. The zero-order chi connectivity index (χ0) is 10.9. The van der Waals surface area contributed by atoms with Gasteiger partial charge in [0.2, 0.25) is 4.93 Å². The van der Waals surface area contributed by atoms with Gasteiger partial charge >= 0.3 is 0 Å². The van der Waals surface area contributed by atoms with E-state index in [2.05, 4.69) is 0 Å². The number of rotatable bonds is 2. The molecule has 0 aromatic heterocycles. The van der Waals surface area contributed by atoms with Crippen LogP contribution in [0.25, 0.3) is 0 Å². The maximum absolute atomic E-state index is 11.6. The van der Waals surface area contributed by atoms with Crippen LogP contribution in [-0.2, 0) is 25.1 Å². The highest BCUT2D eigenvalue weighted by atomic mass is 32.2. The van der Waals surface area contributed by atoms with Crippen LogP contribution in [0.3, 0.4) is 0 Å². The van der Waals surface area contributed by atoms with Gasteiger partial charge in [-0.05, 0) is 6.92 Å². The molecule has 0 aliphatic carbocycles. The van der Waals surface area contributed by atoms with Crippen molar-refractivity contribution in [3.8, 4) is 0 Å². The van der Waals surface area contributed by atoms with Crippen LogP contribution in [0.1, 0.15) is 6.92 Å². The highest BCUT2D eigenvalue weighted by Gasteiger charge is 2.48. The van der Waals surface area contributed by atoms with Gasteiger partial charge in [-0.2, -0.15) is 0 Å². The van der Waals surface area contributed by atoms with Crippen molar-refractivity contribution < 1.29 is 18.5 Å². The Balaban J connectivity index is 2.88. The first-order chi connectivity index (χ1) is 6.39. The molecule has 0 N–H and O–H groups in total. The average Bonchev–Trinajstić information content (AvgIpc) is 2.46. The van der Waals surface area contributed by atoms with Crippen LogP contribution in [0.4, 0.5) is 0 Å². The van der Waals surface area contributed by atoms with Gasteiger partial charge in [0, 0.05) is 14.1 Å². The Bertz CT molecular complexity index is 302. The molecule has 1 rings (SSSR count). The van der Waals surface area contributed by atoms with E-state index >= 15 is 0 Å². The van der Waals surface area contributed by atoms with Crippen LogP contribution in [0.5, 0.6) is 0 Å². The quantitative estimate of drug-likeness (QED) is 0.567. The largest absolute Gasteiger partial charge is 0.353 e. The Morgan fingerprint density at radius 1 is 1.43 bits per heavy atom. The Kier molecular flexibility index (Phi) is 3.06. The van der Waals surface area contributed by atoms with Crippen molar-refractivity contribution in [3.63, 3.8) is 0 Å². The highest BCUT2D eigenvalue weighted by Crippen LogP contribution is 2.23. The minimum atomic E-state index is -1.44. The summed E-state index contributed by atoms with van der Waals surface area (Å²) in [6.07, 6.45) is 0. The first-order valence-corrected chi connectivity index (χ1v) is 5.50. The molecule has 1 aliphatic heterocycles. The summed E-state index contributed by atoms with van der Waals surface area (Å²) < 4.78 is 16.5. The van der Waals surface area contributed by atoms with Gasteiger partial charge in [-0.25, -0.2) is 0 Å². The molecular weight excluding hydrogens is 206 g/mol. The van der Waals surface area contributed by atoms with Crippen LogP contribution in [0.2, 0.25) is 0 Å². The molecule has 0 bridgehead atoms. The molecule has 1 heterocycles. The second kappa shape index (κ2) is 3.78. The lowest BCUT2D eigenvalue weighted by molar-refractivity contribution is -0.149. The van der Waals surface area contributed by atoms with Crippen molar-refractivity contribution in [3.05, 3.63) is 0 Å². The zero-order valence-electron chi connectivity index (χ0n) is 8.40. The van der Waals surface area contributed by atoms with Crippen LogP contribution in [0.15, 0.2) is 0 Å². The topological polar surface area (TPSA) is 63.7 Å². The molecule has 1 saturated heterocycles. The number of ketones is 1. The third-order valence-electron chi connectivity index (χ3n) is 2.09. The average molecular weight is 219 g/mol. The molecule has 14 heavy (non-hydrogen) atoms. The Morgan fingerprint density at radius 3 is 2.36 bits per heavy atom. The van der Waals surface area contributed by atoms with Crippen molar-refractivity contribution in [1.82, 2.24) is 4.90 Å². The van der Waals surface area contributed by atoms with Gasteiger partial charge in [-0.15, -0.1) is 0 Å². The van der Waals surface area contributed by atoms with Crippen molar-refractivity contribution in [2.75, 3.05) is 26.5 Å². The monoisotopic (exact) mass is 219 g/mol. The Hall–Kier alpha value is -0.750. The minimum absolute atomic E-state index is 0.259. The van der Waals surface area contributed by atoms with E-state index in [1.807, 2.05) is 0 Å². The maximum Gasteiger partial charge on any atom is 0.293 e. The predicted molar refractivity (Wildman–Crippen MR) is 51.1 cm³/mol. The Morgan fingerprint density at radius 2 is 2.00 bits per heavy atom. The van der Waals surface area contributed by atoms with E-state index in [1.165, 1.54) is 21.0 Å². The lowest BCUT2D eigenvalue weighted by Gasteiger charge is -2.21. The van der Waals surface area contributed by atoms with Crippen LogP contribution >= 0.6 is 0 Å². The standard InChI is InChI=1S/C8H13NO4S/c1-8(13-4-5-14(8)12)6(10)7(11)9(2)3/h4-5H2,1-3H3/t8-,14+/m0/s1. The Labute approximate surface area is 84.9 Å². The van der Waals surface area contributed by atoms with Crippen molar-refractivity contribution >= 4 is 22.5 Å². The van der Waals surface area contributed by atoms with E-state index in [-0.39, 0.29) is 6.61 Å². The number of hydrogen-bond donors (Lipinski definition) is 0. The summed E-state index contributed by atoms with van der Waals surface area (Å²) in [4.78, 5) is 22.7. The smallest absolute Gasteiger partial charge is 0.293 e. The number of carbonyl (C=O) groups excluding carboxylic acids is 2. The lowest BCUT2D eigenvalue weighted by atomic mass is 10.2. The molecule has 0 saturated carbocycles. The van der Waals surface area contributed by atoms with Crippen molar-refractivity contribution in [2.45, 2.75) is 11.9 Å². The number of hydrogen-bond acceptors (Lipinski definition) is 4. The number of nitrogens with zero attached hydrogens (tertiary/aromatic N) is 1. The van der Waals surface area contributed by atoms with Gasteiger partial charge < -0.3 is 9.64 Å². The summed E-state index contributed by atoms with van der Waals surface area (Å²) >= 11 is 0. The van der Waals surface area contributed by atoms with E-state index in [1.54, 1.807) is 0 Å². The molecule has 0 spiro atoms. The normalized spacial score (nSPS) is 31.5. The lowest BCUT2D eigenvalue weighted by Crippen LogP contribution is -2.47. The van der Waals surface area contributed by atoms with Gasteiger partial charge in [0.15, 0.2) is 0 Å². The highest BCUT2D eigenvalue weighted by molar-refractivity contribution is 7.87. The van der Waals surface area contributed by atoms with E-state index in [4.69, 9.17) is 4.74 Å². The van der Waals surface area contributed by atoms with E-state index in [9.17, 15) is 13.8 Å². The fourth-order valence-corrected chi connectivity index (χ4v) is 2.27. The molecule has 0 aromatic carbocycles. The summed E-state index contributed by atoms with van der Waals surface area (Å²) in [5.41, 5.74) is 0. The van der Waals surface area contributed by atoms with Crippen molar-refractivity contribution in [1.29, 1.82) is 0 Å². The second-order valence-corrected chi connectivity index (χ2v) is 5.25. The van der Waals surface area contributed by atoms with E-state index in [0.717, 1.165) is 4.90 Å². The van der Waals surface area contributed by atoms with Crippen LogP contribution in [0, 0.1) is 0 Å². The molecule has 6 heteroatoms. The fraction of sp³-hybridized carbons (Fsp3) is 0.750. The minimum Gasteiger partial charge on any atom is -0.353 e. The van der Waals surface area contributed by atoms with Crippen LogP contribution < -0.4 is 0 Å². The molecule has 1 fully saturated rings. The van der Waals surface area contributed by atoms with Gasteiger partial charge in [-0.3, -0.25) is 13.8 Å². The summed E-state index contributed by atoms with van der Waals surface area (Å²) in [5, 5.41) is 0. The first-order valence-electron chi connectivity index (χ1n) is 4.18. The maximum atomic E-state index is 11.6. The second-order valence-electron chi connectivity index (χ2n) is 3.37. The SMILES string of the molecule is CN(C)C(=O)C(=O)[C@@]1(C)OCC[S@]1=O. The van der Waals surface area contributed by atoms with E-state index < -0.39 is 27.4 Å². The van der Waals surface area contributed by atoms with Gasteiger partial charge in [0.05, 0.1) is 23.2 Å². The number of likely N-dealkylation sites (N-methyl/N-ethyl adjacent to an activating group) is 1. The molecule has 0 radical (unpaired) electrons.